The summed E-state index contributed by atoms with van der Waals surface area (Å²) in [7, 11) is 0. The number of aliphatic carboxylic acids is 1. The number of amides is 4. The third kappa shape index (κ3) is 30.2. The van der Waals surface area contributed by atoms with Crippen molar-refractivity contribution in [3.05, 3.63) is 0 Å². The van der Waals surface area contributed by atoms with Crippen molar-refractivity contribution in [1.82, 2.24) is 21.3 Å². The number of ether oxygens (including phenoxy) is 8. The van der Waals surface area contributed by atoms with Crippen molar-refractivity contribution < 1.29 is 86.2 Å². The molecule has 2 saturated heterocycles. The fourth-order valence-electron chi connectivity index (χ4n) is 9.93. The zero-order valence-corrected chi connectivity index (χ0v) is 49.7. The monoisotopic (exact) mass is 1140 g/mol. The molecule has 22 heteroatoms. The molecule has 0 aromatic carbocycles. The molecular weight excluding hydrogens is 1040 g/mol. The van der Waals surface area contributed by atoms with E-state index in [1.807, 2.05) is 27.7 Å². The van der Waals surface area contributed by atoms with Gasteiger partial charge in [-0.25, -0.2) is 0 Å². The zero-order chi connectivity index (χ0) is 59.5. The number of nitrogens with one attached hydrogen (secondary N) is 4. The molecule has 0 spiro atoms. The van der Waals surface area contributed by atoms with Gasteiger partial charge < -0.3 is 64.3 Å². The van der Waals surface area contributed by atoms with E-state index >= 15 is 0 Å². The molecule has 2 fully saturated rings. The standard InChI is InChI=1S/C58H100N4O18/c1-10-11-12-13-18-32-59-49(67)26-29-58(62-52(70)24-23-25-53(71)72,30-27-50(68)60-33-19-14-16-21-35-73-56-41(4)39(2)54(77-45(8)65)47(79-56)37-75-43(6)63)31-28-51(69)61-34-20-15-17-22-36-74-57-42(5)40(3)55(78-46(9)66)48(80-57)38-76-44(7)64/h39-42,47-48,54-57H,10-38H2,1-9H3,(H,59,67)(H,60,68)(H,61,69)(H,62,70)(H,71,72). The Morgan fingerprint density at radius 2 is 0.825 bits per heavy atom. The van der Waals surface area contributed by atoms with Gasteiger partial charge in [-0.15, -0.1) is 0 Å². The van der Waals surface area contributed by atoms with Gasteiger partial charge in [-0.05, 0) is 57.8 Å². The van der Waals surface area contributed by atoms with E-state index in [0.717, 1.165) is 70.6 Å². The number of carboxylic acids is 1. The summed E-state index contributed by atoms with van der Waals surface area (Å²) in [5, 5.41) is 21.2. The van der Waals surface area contributed by atoms with E-state index in [1.54, 1.807) is 0 Å². The third-order valence-electron chi connectivity index (χ3n) is 15.1. The van der Waals surface area contributed by atoms with Gasteiger partial charge in [0.05, 0.1) is 0 Å². The van der Waals surface area contributed by atoms with Gasteiger partial charge in [-0.2, -0.15) is 0 Å². The molecule has 10 atom stereocenters. The van der Waals surface area contributed by atoms with E-state index in [1.165, 1.54) is 27.7 Å². The molecule has 460 valence electrons. The summed E-state index contributed by atoms with van der Waals surface area (Å²) in [5.74, 6) is -4.42. The molecule has 5 N–H and O–H groups in total. The summed E-state index contributed by atoms with van der Waals surface area (Å²) >= 11 is 0. The minimum Gasteiger partial charge on any atom is -0.481 e. The fraction of sp³-hybridized carbons (Fsp3) is 0.845. The van der Waals surface area contributed by atoms with Gasteiger partial charge in [0.25, 0.3) is 0 Å². The van der Waals surface area contributed by atoms with Gasteiger partial charge in [-0.3, -0.25) is 43.2 Å². The van der Waals surface area contributed by atoms with Crippen molar-refractivity contribution in [2.75, 3.05) is 46.1 Å². The van der Waals surface area contributed by atoms with Gasteiger partial charge in [0, 0.05) is 122 Å². The van der Waals surface area contributed by atoms with Crippen molar-refractivity contribution in [3.8, 4) is 0 Å². The average Bonchev–Trinajstić information content (AvgIpc) is 3.39. The number of carbonyl (C=O) groups is 9. The van der Waals surface area contributed by atoms with Gasteiger partial charge in [0.15, 0.2) is 12.6 Å². The highest BCUT2D eigenvalue weighted by atomic mass is 16.7. The molecular formula is C58H100N4O18. The maximum atomic E-state index is 13.5. The van der Waals surface area contributed by atoms with Crippen LogP contribution in [-0.2, 0) is 81.0 Å². The summed E-state index contributed by atoms with van der Waals surface area (Å²) in [4.78, 5) is 111. The van der Waals surface area contributed by atoms with Crippen molar-refractivity contribution in [2.24, 2.45) is 23.7 Å². The zero-order valence-electron chi connectivity index (χ0n) is 49.7. The molecule has 0 saturated carbocycles. The second-order valence-electron chi connectivity index (χ2n) is 21.9. The predicted octanol–water partition coefficient (Wildman–Crippen LogP) is 6.89. The number of hydrogen-bond acceptors (Lipinski definition) is 17. The van der Waals surface area contributed by atoms with Crippen LogP contribution in [0.2, 0.25) is 0 Å². The van der Waals surface area contributed by atoms with Crippen LogP contribution in [0.4, 0.5) is 0 Å². The second-order valence-corrected chi connectivity index (χ2v) is 21.9. The largest absolute Gasteiger partial charge is 0.481 e. The molecule has 2 heterocycles. The minimum atomic E-state index is -1.12. The van der Waals surface area contributed by atoms with E-state index in [2.05, 4.69) is 28.2 Å². The lowest BCUT2D eigenvalue weighted by atomic mass is 9.82. The molecule has 0 bridgehead atoms. The lowest BCUT2D eigenvalue weighted by Crippen LogP contribution is -2.53. The Bertz CT molecular complexity index is 1790. The molecule has 80 heavy (non-hydrogen) atoms. The second kappa shape index (κ2) is 40.3. The van der Waals surface area contributed by atoms with Crippen LogP contribution in [0.3, 0.4) is 0 Å². The van der Waals surface area contributed by atoms with Crippen LogP contribution >= 0.6 is 0 Å². The first-order valence-corrected chi connectivity index (χ1v) is 29.6. The Morgan fingerprint density at radius 3 is 1.18 bits per heavy atom. The Labute approximate surface area is 475 Å². The van der Waals surface area contributed by atoms with Crippen LogP contribution in [-0.4, -0.2) is 147 Å². The van der Waals surface area contributed by atoms with Crippen LogP contribution in [0.5, 0.6) is 0 Å². The summed E-state index contributed by atoms with van der Waals surface area (Å²) < 4.78 is 45.9. The van der Waals surface area contributed by atoms with E-state index in [9.17, 15) is 48.3 Å². The molecule has 10 unspecified atom stereocenters. The highest BCUT2D eigenvalue weighted by Crippen LogP contribution is 2.35. The summed E-state index contributed by atoms with van der Waals surface area (Å²) in [5.41, 5.74) is -1.12. The number of carboxylic acid groups (broad SMARTS) is 1. The van der Waals surface area contributed by atoms with Crippen molar-refractivity contribution in [3.63, 3.8) is 0 Å². The van der Waals surface area contributed by atoms with E-state index in [0.29, 0.717) is 45.7 Å². The first-order valence-electron chi connectivity index (χ1n) is 29.6. The topological polar surface area (TPSA) is 296 Å². The lowest BCUT2D eigenvalue weighted by molar-refractivity contribution is -0.273. The molecule has 0 aliphatic carbocycles. The minimum absolute atomic E-state index is 0.0108. The molecule has 0 aromatic heterocycles. The number of esters is 4. The number of hydrogen-bond donors (Lipinski definition) is 5. The van der Waals surface area contributed by atoms with Crippen molar-refractivity contribution >= 4 is 53.5 Å². The Morgan fingerprint density at radius 1 is 0.450 bits per heavy atom. The molecule has 22 nitrogen and oxygen atoms in total. The Hall–Kier alpha value is -4.93. The van der Waals surface area contributed by atoms with Gasteiger partial charge >= 0.3 is 29.8 Å². The van der Waals surface area contributed by atoms with Crippen LogP contribution in [0.25, 0.3) is 0 Å². The fourth-order valence-corrected chi connectivity index (χ4v) is 9.93. The maximum Gasteiger partial charge on any atom is 0.303 e. The van der Waals surface area contributed by atoms with Crippen LogP contribution < -0.4 is 21.3 Å². The predicted molar refractivity (Wildman–Crippen MR) is 295 cm³/mol. The van der Waals surface area contributed by atoms with Crippen LogP contribution in [0.15, 0.2) is 0 Å². The molecule has 2 aliphatic rings. The van der Waals surface area contributed by atoms with Gasteiger partial charge in [0.1, 0.15) is 37.6 Å². The van der Waals surface area contributed by atoms with Gasteiger partial charge in [-0.1, -0.05) is 86.0 Å². The summed E-state index contributed by atoms with van der Waals surface area (Å²) in [6.45, 7) is 17.2. The van der Waals surface area contributed by atoms with E-state index < -0.39 is 78.3 Å². The molecule has 0 radical (unpaired) electrons. The molecule has 2 rings (SSSR count). The number of carbonyl (C=O) groups excluding carboxylic acids is 8. The third-order valence-corrected chi connectivity index (χ3v) is 15.1. The van der Waals surface area contributed by atoms with Crippen LogP contribution in [0, 0.1) is 23.7 Å². The Kier molecular flexibility index (Phi) is 35.8. The number of unbranched alkanes of at least 4 members (excludes halogenated alkanes) is 10. The molecule has 2 aliphatic heterocycles. The molecule has 4 amide bonds. The SMILES string of the molecule is CCCCCCCNC(=O)CCC(CCC(=O)NCCCCCCOC1OC(COC(C)=O)C(OC(C)=O)C(C)C1C)(CCC(=O)NCCCCCCOC1OC(COC(C)=O)C(OC(C)=O)C(C)C1C)NC(=O)CCCC(=O)O. The molecule has 0 aromatic rings. The average molecular weight is 1140 g/mol. The smallest absolute Gasteiger partial charge is 0.303 e. The summed E-state index contributed by atoms with van der Waals surface area (Å²) in [6, 6.07) is 0. The number of rotatable bonds is 42. The Balaban J connectivity index is 1.97. The quantitative estimate of drug-likeness (QED) is 0.0236. The highest BCUT2D eigenvalue weighted by molar-refractivity contribution is 5.80. The van der Waals surface area contributed by atoms with Crippen molar-refractivity contribution in [1.29, 1.82) is 0 Å². The maximum absolute atomic E-state index is 13.5. The van der Waals surface area contributed by atoms with E-state index in [-0.39, 0.29) is 112 Å². The normalized spacial score (nSPS) is 23.4. The highest BCUT2D eigenvalue weighted by Gasteiger charge is 2.46. The first kappa shape index (κ1) is 71.2. The lowest BCUT2D eigenvalue weighted by Gasteiger charge is -2.43. The van der Waals surface area contributed by atoms with Gasteiger partial charge in [0.2, 0.25) is 23.6 Å². The summed E-state index contributed by atoms with van der Waals surface area (Å²) in [6.07, 6.45) is 7.86. The van der Waals surface area contributed by atoms with E-state index in [4.69, 9.17) is 37.9 Å². The van der Waals surface area contributed by atoms with Crippen molar-refractivity contribution in [2.45, 2.75) is 246 Å². The first-order chi connectivity index (χ1) is 38.1. The van der Waals surface area contributed by atoms with Crippen LogP contribution in [0.1, 0.15) is 204 Å².